The number of carbonyl (C=O) groups is 3. The van der Waals surface area contributed by atoms with Gasteiger partial charge in [-0.1, -0.05) is 4.68 Å². The molecule has 0 aliphatic heterocycles. The van der Waals surface area contributed by atoms with Gasteiger partial charge in [0, 0.05) is 12.6 Å². The van der Waals surface area contributed by atoms with Crippen molar-refractivity contribution in [1.29, 1.82) is 0 Å². The van der Waals surface area contributed by atoms with Crippen LogP contribution in [0.5, 0.6) is 0 Å². The fourth-order valence-corrected chi connectivity index (χ4v) is 1.25. The summed E-state index contributed by atoms with van der Waals surface area (Å²) in [5.41, 5.74) is 0.464. The van der Waals surface area contributed by atoms with Crippen LogP contribution >= 0.6 is 0 Å². The Hall–Kier alpha value is -2.72. The van der Waals surface area contributed by atoms with Crippen LogP contribution in [0.25, 0.3) is 0 Å². The number of amides is 1. The van der Waals surface area contributed by atoms with E-state index < -0.39 is 24.0 Å². The van der Waals surface area contributed by atoms with E-state index in [2.05, 4.69) is 10.4 Å². The van der Waals surface area contributed by atoms with Gasteiger partial charge in [-0.3, -0.25) is 9.59 Å². The number of hydrogen-bond acceptors (Lipinski definition) is 5. The zero-order valence-electron chi connectivity index (χ0n) is 12.8. The number of nitrogens with one attached hydrogen (secondary N) is 1. The van der Waals surface area contributed by atoms with E-state index in [9.17, 15) is 22.8 Å². The lowest BCUT2D eigenvalue weighted by Gasteiger charge is -2.03. The first-order valence-corrected chi connectivity index (χ1v) is 6.64. The smallest absolute Gasteiger partial charge is 0.430 e. The maximum Gasteiger partial charge on any atom is 0.430 e. The van der Waals surface area contributed by atoms with Gasteiger partial charge in [0.1, 0.15) is 18.1 Å². The number of halogens is 3. The monoisotopic (exact) mass is 351 g/mol. The minimum Gasteiger partial charge on any atom is -0.542 e. The molecule has 0 saturated heterocycles. The van der Waals surface area contributed by atoms with Gasteiger partial charge in [0.15, 0.2) is 12.7 Å². The van der Waals surface area contributed by atoms with Crippen molar-refractivity contribution in [2.45, 2.75) is 26.6 Å². The fourth-order valence-electron chi connectivity index (χ4n) is 1.25. The third kappa shape index (κ3) is 8.06. The van der Waals surface area contributed by atoms with Crippen LogP contribution in [0, 0.1) is 5.92 Å². The molecule has 8 nitrogen and oxygen atoms in total. The van der Waals surface area contributed by atoms with E-state index in [1.54, 1.807) is 19.2 Å². The van der Waals surface area contributed by atoms with Crippen LogP contribution in [0.1, 0.15) is 24.2 Å². The third-order valence-electron chi connectivity index (χ3n) is 2.48. The minimum atomic E-state index is -5.19. The summed E-state index contributed by atoms with van der Waals surface area (Å²) in [4.78, 5) is 30.9. The molecule has 0 aliphatic rings. The van der Waals surface area contributed by atoms with Crippen LogP contribution in [0.4, 0.5) is 13.2 Å². The Bertz CT molecular complexity index is 575. The summed E-state index contributed by atoms with van der Waals surface area (Å²) >= 11 is 0. The molecule has 11 heteroatoms. The van der Waals surface area contributed by atoms with Crippen molar-refractivity contribution < 1.29 is 42.4 Å². The molecular formula is C13H16F3N3O5. The summed E-state index contributed by atoms with van der Waals surface area (Å²) in [7, 11) is 0. The lowest BCUT2D eigenvalue weighted by atomic mass is 10.2. The molecule has 0 aromatic carbocycles. The summed E-state index contributed by atoms with van der Waals surface area (Å²) in [6, 6.07) is 1.62. The molecule has 134 valence electrons. The molecule has 1 heterocycles. The lowest BCUT2D eigenvalue weighted by Crippen LogP contribution is -2.42. The molecule has 0 radical (unpaired) electrons. The Balaban J connectivity index is 0.000000640. The predicted octanol–water partition coefficient (Wildman–Crippen LogP) is -0.862. The number of carboxylic acids is 2. The second-order valence-corrected chi connectivity index (χ2v) is 4.52. The SMILES string of the molecule is CCNC(=O)c1cc[n+](CC(C)C(=O)O)nc1.O=C([O-])C(F)(F)F. The van der Waals surface area contributed by atoms with Gasteiger partial charge in [0.25, 0.3) is 5.91 Å². The predicted molar refractivity (Wildman–Crippen MR) is 70.3 cm³/mol. The Labute approximate surface area is 134 Å². The van der Waals surface area contributed by atoms with Crippen LogP contribution in [0.3, 0.4) is 0 Å². The van der Waals surface area contributed by atoms with E-state index in [1.807, 2.05) is 6.92 Å². The van der Waals surface area contributed by atoms with Crippen molar-refractivity contribution in [2.75, 3.05) is 6.54 Å². The second-order valence-electron chi connectivity index (χ2n) is 4.52. The maximum absolute atomic E-state index is 11.4. The van der Waals surface area contributed by atoms with E-state index >= 15 is 0 Å². The normalized spacial score (nSPS) is 11.7. The van der Waals surface area contributed by atoms with Crippen molar-refractivity contribution in [2.24, 2.45) is 5.92 Å². The standard InChI is InChI=1S/C11H15N3O3.C2HF3O2/c1-3-12-10(15)9-4-5-14(13-6-9)7-8(2)11(16)17;3-2(4,5)1(6)7/h4-6,8H,3,7H2,1-2H3,(H-,12,15,16,17);(H,6,7). The number of aromatic nitrogens is 2. The zero-order valence-corrected chi connectivity index (χ0v) is 12.8. The average Bonchev–Trinajstić information content (AvgIpc) is 2.47. The highest BCUT2D eigenvalue weighted by molar-refractivity contribution is 5.93. The number of carboxylic acid groups (broad SMARTS) is 2. The van der Waals surface area contributed by atoms with Gasteiger partial charge in [-0.05, 0) is 18.9 Å². The van der Waals surface area contributed by atoms with E-state index in [1.165, 1.54) is 10.9 Å². The van der Waals surface area contributed by atoms with Crippen molar-refractivity contribution in [1.82, 2.24) is 10.4 Å². The molecule has 0 bridgehead atoms. The molecule has 0 aliphatic carbocycles. The molecule has 0 spiro atoms. The Morgan fingerprint density at radius 1 is 1.42 bits per heavy atom. The first-order chi connectivity index (χ1) is 11.0. The van der Waals surface area contributed by atoms with Crippen LogP contribution in [0.15, 0.2) is 18.5 Å². The van der Waals surface area contributed by atoms with Gasteiger partial charge in [0.05, 0.1) is 5.56 Å². The fraction of sp³-hybridized carbons (Fsp3) is 0.462. The van der Waals surface area contributed by atoms with Gasteiger partial charge in [-0.2, -0.15) is 13.2 Å². The molecule has 1 amide bonds. The van der Waals surface area contributed by atoms with E-state index in [0.717, 1.165) is 0 Å². The van der Waals surface area contributed by atoms with Crippen LogP contribution in [-0.4, -0.2) is 40.8 Å². The molecule has 1 aromatic heterocycles. The van der Waals surface area contributed by atoms with Gasteiger partial charge in [-0.25, -0.2) is 0 Å². The first kappa shape index (κ1) is 21.3. The molecule has 1 aromatic rings. The highest BCUT2D eigenvalue weighted by atomic mass is 19.4. The molecule has 0 fully saturated rings. The summed E-state index contributed by atoms with van der Waals surface area (Å²) in [5.74, 6) is -4.57. The van der Waals surface area contributed by atoms with E-state index in [0.29, 0.717) is 12.1 Å². The largest absolute Gasteiger partial charge is 0.542 e. The minimum absolute atomic E-state index is 0.182. The average molecular weight is 351 g/mol. The van der Waals surface area contributed by atoms with Crippen molar-refractivity contribution >= 4 is 17.8 Å². The van der Waals surface area contributed by atoms with Crippen molar-refractivity contribution in [3.8, 4) is 0 Å². The number of aliphatic carboxylic acids is 2. The summed E-state index contributed by atoms with van der Waals surface area (Å²) in [6.45, 7) is 4.28. The number of alkyl halides is 3. The highest BCUT2D eigenvalue weighted by Gasteiger charge is 2.28. The molecule has 1 rings (SSSR count). The van der Waals surface area contributed by atoms with Gasteiger partial charge < -0.3 is 20.3 Å². The molecular weight excluding hydrogens is 335 g/mol. The molecule has 1 atom stereocenters. The number of carbonyl (C=O) groups excluding carboxylic acids is 2. The van der Waals surface area contributed by atoms with Crippen LogP contribution in [0.2, 0.25) is 0 Å². The molecule has 24 heavy (non-hydrogen) atoms. The zero-order chi connectivity index (χ0) is 18.9. The molecule has 0 saturated carbocycles. The number of hydrogen-bond donors (Lipinski definition) is 2. The summed E-state index contributed by atoms with van der Waals surface area (Å²) in [6.07, 6.45) is -2.16. The van der Waals surface area contributed by atoms with Gasteiger partial charge in [0.2, 0.25) is 0 Å². The summed E-state index contributed by atoms with van der Waals surface area (Å²) in [5, 5.41) is 24.2. The molecule has 1 unspecified atom stereocenters. The van der Waals surface area contributed by atoms with Crippen LogP contribution in [-0.2, 0) is 16.1 Å². The summed E-state index contributed by atoms with van der Waals surface area (Å²) < 4.78 is 33.1. The van der Waals surface area contributed by atoms with Gasteiger partial charge >= 0.3 is 12.1 Å². The lowest BCUT2D eigenvalue weighted by molar-refractivity contribution is -0.757. The molecule has 2 N–H and O–H groups in total. The van der Waals surface area contributed by atoms with Gasteiger partial charge in [-0.15, -0.1) is 0 Å². The topological polar surface area (TPSA) is 123 Å². The van der Waals surface area contributed by atoms with E-state index in [-0.39, 0.29) is 12.5 Å². The van der Waals surface area contributed by atoms with E-state index in [4.69, 9.17) is 15.0 Å². The Kier molecular flexibility index (Phi) is 8.36. The highest BCUT2D eigenvalue weighted by Crippen LogP contribution is 2.11. The quantitative estimate of drug-likeness (QED) is 0.665. The van der Waals surface area contributed by atoms with Crippen molar-refractivity contribution in [3.63, 3.8) is 0 Å². The Morgan fingerprint density at radius 2 is 1.96 bits per heavy atom. The number of rotatable bonds is 5. The number of nitrogens with zero attached hydrogens (tertiary/aromatic N) is 2. The second kappa shape index (κ2) is 9.43. The first-order valence-electron chi connectivity index (χ1n) is 6.64. The third-order valence-corrected chi connectivity index (χ3v) is 2.48. The van der Waals surface area contributed by atoms with Crippen molar-refractivity contribution in [3.05, 3.63) is 24.0 Å². The Morgan fingerprint density at radius 3 is 2.29 bits per heavy atom. The van der Waals surface area contributed by atoms with Crippen LogP contribution < -0.4 is 15.1 Å². The maximum atomic E-state index is 11.4.